The lowest BCUT2D eigenvalue weighted by Gasteiger charge is -2.57. The Morgan fingerprint density at radius 1 is 0.932 bits per heavy atom. The van der Waals surface area contributed by atoms with Crippen LogP contribution in [0.2, 0.25) is 5.02 Å². The number of barbiturate groups is 1. The third-order valence-electron chi connectivity index (χ3n) is 9.77. The molecule has 1 N–H and O–H groups in total. The Bertz CT molecular complexity index is 1650. The van der Waals surface area contributed by atoms with Gasteiger partial charge in [-0.25, -0.2) is 9.69 Å². The molecule has 7 nitrogen and oxygen atoms in total. The molecule has 4 aliphatic carbocycles. The zero-order chi connectivity index (χ0) is 30.6. The minimum Gasteiger partial charge on any atom is -0.493 e. The van der Waals surface area contributed by atoms with E-state index in [0.29, 0.717) is 38.9 Å². The molecule has 4 amide bonds. The molecule has 226 valence electrons. The molecule has 4 bridgehead atoms. The van der Waals surface area contributed by atoms with Gasteiger partial charge in [0.25, 0.3) is 11.8 Å². The van der Waals surface area contributed by atoms with Crippen LogP contribution in [0.15, 0.2) is 70.7 Å². The minimum absolute atomic E-state index is 0.160. The topological polar surface area (TPSA) is 84.9 Å². The van der Waals surface area contributed by atoms with Gasteiger partial charge < -0.3 is 9.47 Å². The van der Waals surface area contributed by atoms with Crippen molar-refractivity contribution < 1.29 is 23.9 Å². The molecule has 0 aromatic heterocycles. The minimum atomic E-state index is -0.762. The molecule has 0 atom stereocenters. The highest BCUT2D eigenvalue weighted by Gasteiger charge is 2.51. The van der Waals surface area contributed by atoms with Gasteiger partial charge in [0.2, 0.25) is 0 Å². The summed E-state index contributed by atoms with van der Waals surface area (Å²) in [6.45, 7) is 0.292. The zero-order valence-corrected chi connectivity index (χ0v) is 26.6. The van der Waals surface area contributed by atoms with Crippen LogP contribution in [-0.4, -0.2) is 25.0 Å². The molecule has 4 saturated carbocycles. The summed E-state index contributed by atoms with van der Waals surface area (Å²) < 4.78 is 12.1. The van der Waals surface area contributed by atoms with E-state index in [9.17, 15) is 14.4 Å². The summed E-state index contributed by atoms with van der Waals surface area (Å²) in [4.78, 5) is 40.5. The smallest absolute Gasteiger partial charge is 0.335 e. The second-order valence-electron chi connectivity index (χ2n) is 12.6. The van der Waals surface area contributed by atoms with E-state index in [1.807, 2.05) is 24.3 Å². The van der Waals surface area contributed by atoms with Crippen LogP contribution in [0.5, 0.6) is 11.5 Å². The lowest BCUT2D eigenvalue weighted by molar-refractivity contribution is -0.122. The molecule has 5 aliphatic rings. The van der Waals surface area contributed by atoms with Gasteiger partial charge in [0, 0.05) is 9.50 Å². The van der Waals surface area contributed by atoms with Crippen molar-refractivity contribution in [2.75, 3.05) is 12.0 Å². The first-order valence-corrected chi connectivity index (χ1v) is 16.2. The van der Waals surface area contributed by atoms with Gasteiger partial charge in [0.15, 0.2) is 11.5 Å². The molecule has 0 radical (unpaired) electrons. The predicted molar refractivity (Wildman–Crippen MR) is 172 cm³/mol. The van der Waals surface area contributed by atoms with Crippen molar-refractivity contribution in [1.29, 1.82) is 0 Å². The quantitative estimate of drug-likeness (QED) is 0.204. The van der Waals surface area contributed by atoms with Crippen molar-refractivity contribution in [2.24, 2.45) is 17.8 Å². The third kappa shape index (κ3) is 5.32. The number of hydrogen-bond acceptors (Lipinski definition) is 5. The average molecular weight is 676 g/mol. The maximum absolute atomic E-state index is 13.7. The Hall–Kier alpha value is -3.62. The molecule has 1 heterocycles. The van der Waals surface area contributed by atoms with Crippen LogP contribution in [0, 0.1) is 17.8 Å². The normalized spacial score (nSPS) is 26.7. The third-order valence-corrected chi connectivity index (χ3v) is 10.7. The number of hydrogen-bond donors (Lipinski definition) is 1. The molecule has 1 aliphatic heterocycles. The van der Waals surface area contributed by atoms with E-state index < -0.39 is 17.8 Å². The fraction of sp³-hybridized carbons (Fsp3) is 0.343. The lowest BCUT2D eigenvalue weighted by Crippen LogP contribution is -2.54. The summed E-state index contributed by atoms with van der Waals surface area (Å²) in [5.41, 5.74) is 3.23. The Morgan fingerprint density at radius 3 is 2.18 bits per heavy atom. The van der Waals surface area contributed by atoms with Crippen LogP contribution >= 0.6 is 27.5 Å². The van der Waals surface area contributed by atoms with Gasteiger partial charge in [-0.2, -0.15) is 0 Å². The fourth-order valence-electron chi connectivity index (χ4n) is 8.15. The van der Waals surface area contributed by atoms with E-state index in [0.717, 1.165) is 28.2 Å². The van der Waals surface area contributed by atoms with Crippen molar-refractivity contribution in [3.8, 4) is 11.5 Å². The summed E-state index contributed by atoms with van der Waals surface area (Å²) in [5, 5.41) is 2.97. The van der Waals surface area contributed by atoms with Crippen LogP contribution < -0.4 is 19.7 Å². The Morgan fingerprint density at radius 2 is 1.57 bits per heavy atom. The van der Waals surface area contributed by atoms with E-state index >= 15 is 0 Å². The van der Waals surface area contributed by atoms with E-state index in [1.165, 1.54) is 57.3 Å². The fourth-order valence-corrected chi connectivity index (χ4v) is 8.71. The molecule has 44 heavy (non-hydrogen) atoms. The molecular weight excluding hydrogens is 644 g/mol. The molecule has 8 rings (SSSR count). The van der Waals surface area contributed by atoms with Gasteiger partial charge in [-0.15, -0.1) is 0 Å². The molecule has 5 fully saturated rings. The number of halogens is 2. The van der Waals surface area contributed by atoms with Gasteiger partial charge in [-0.05, 0) is 121 Å². The van der Waals surface area contributed by atoms with Gasteiger partial charge >= 0.3 is 6.03 Å². The molecule has 0 spiro atoms. The molecular formula is C35H32BrClN2O5. The van der Waals surface area contributed by atoms with Gasteiger partial charge in [-0.1, -0.05) is 51.8 Å². The van der Waals surface area contributed by atoms with Crippen molar-refractivity contribution in [1.82, 2.24) is 5.32 Å². The highest BCUT2D eigenvalue weighted by molar-refractivity contribution is 9.10. The summed E-state index contributed by atoms with van der Waals surface area (Å²) in [6.07, 6.45) is 9.24. The summed E-state index contributed by atoms with van der Waals surface area (Å²) in [7, 11) is 1.52. The summed E-state index contributed by atoms with van der Waals surface area (Å²) in [5.74, 6) is 1.91. The maximum Gasteiger partial charge on any atom is 0.335 e. The molecule has 0 unspecified atom stereocenters. The molecule has 1 saturated heterocycles. The number of anilines is 1. The first-order chi connectivity index (χ1) is 21.2. The molecule has 9 heteroatoms. The van der Waals surface area contributed by atoms with Crippen LogP contribution in [0.1, 0.15) is 55.2 Å². The highest BCUT2D eigenvalue weighted by atomic mass is 79.9. The van der Waals surface area contributed by atoms with E-state index in [1.54, 1.807) is 24.3 Å². The van der Waals surface area contributed by atoms with Crippen molar-refractivity contribution in [3.05, 3.63) is 92.4 Å². The van der Waals surface area contributed by atoms with E-state index in [4.69, 9.17) is 21.1 Å². The Balaban J connectivity index is 1.13. The van der Waals surface area contributed by atoms with E-state index in [-0.39, 0.29) is 11.0 Å². The van der Waals surface area contributed by atoms with Crippen LogP contribution in [0.25, 0.3) is 6.08 Å². The standard InChI is InChI=1S/C35H32BrClN2O5/c1-43-30-14-24(29(36)15-31(30)44-19-20-2-6-26(37)7-3-20)13-28-32(40)38-34(42)39(33(28)41)27-8-4-25(5-9-27)35-16-21-10-22(17-35)12-23(11-21)18-35/h2-9,13-15,21-23H,10-12,16-19H2,1H3,(H,38,40,42)/b28-13+. The SMILES string of the molecule is COc1cc(/C=C2\C(=O)NC(=O)N(c3ccc(C45CC6CC(CC(C6)C4)C5)cc3)C2=O)c(Br)cc1OCc1ccc(Cl)cc1. The van der Waals surface area contributed by atoms with Crippen molar-refractivity contribution >= 4 is 57.1 Å². The number of carbonyl (C=O) groups excluding carboxylic acids is 3. The summed E-state index contributed by atoms with van der Waals surface area (Å²) >= 11 is 9.52. The maximum atomic E-state index is 13.7. The second kappa shape index (κ2) is 11.4. The first kappa shape index (κ1) is 29.1. The number of rotatable bonds is 7. The van der Waals surface area contributed by atoms with Gasteiger partial charge in [0.1, 0.15) is 12.2 Å². The van der Waals surface area contributed by atoms with Crippen molar-refractivity contribution in [3.63, 3.8) is 0 Å². The lowest BCUT2D eigenvalue weighted by atomic mass is 9.48. The largest absolute Gasteiger partial charge is 0.493 e. The van der Waals surface area contributed by atoms with Crippen LogP contribution in [-0.2, 0) is 21.6 Å². The Kier molecular flexibility index (Phi) is 7.53. The van der Waals surface area contributed by atoms with E-state index in [2.05, 4.69) is 33.4 Å². The summed E-state index contributed by atoms with van der Waals surface area (Å²) in [6, 6.07) is 17.8. The average Bonchev–Trinajstić information content (AvgIpc) is 2.99. The number of methoxy groups -OCH3 is 1. The number of ether oxygens (including phenoxy) is 2. The van der Waals surface area contributed by atoms with Crippen LogP contribution in [0.3, 0.4) is 0 Å². The first-order valence-electron chi connectivity index (χ1n) is 15.0. The van der Waals surface area contributed by atoms with Crippen LogP contribution in [0.4, 0.5) is 10.5 Å². The second-order valence-corrected chi connectivity index (χ2v) is 13.9. The number of nitrogens with one attached hydrogen (secondary N) is 1. The number of imide groups is 2. The van der Waals surface area contributed by atoms with Crippen molar-refractivity contribution in [2.45, 2.75) is 50.5 Å². The number of urea groups is 1. The highest BCUT2D eigenvalue weighted by Crippen LogP contribution is 2.60. The Labute approximate surface area is 269 Å². The number of amides is 4. The molecule has 3 aromatic rings. The number of carbonyl (C=O) groups is 3. The zero-order valence-electron chi connectivity index (χ0n) is 24.3. The van der Waals surface area contributed by atoms with Gasteiger partial charge in [0.05, 0.1) is 12.8 Å². The van der Waals surface area contributed by atoms with Gasteiger partial charge in [-0.3, -0.25) is 14.9 Å². The number of benzene rings is 3. The number of nitrogens with zero attached hydrogens (tertiary/aromatic N) is 1. The monoisotopic (exact) mass is 674 g/mol. The molecule has 3 aromatic carbocycles. The predicted octanol–water partition coefficient (Wildman–Crippen LogP) is 7.82.